The molecular formula is C31H26Cl2N2O2. The number of benzene rings is 4. The topological polar surface area (TPSA) is 40.6 Å². The number of ketones is 1. The maximum absolute atomic E-state index is 14.0. The quantitative estimate of drug-likeness (QED) is 0.239. The summed E-state index contributed by atoms with van der Waals surface area (Å²) in [6.45, 7) is 2.37. The largest absolute Gasteiger partial charge is 0.361 e. The lowest BCUT2D eigenvalue weighted by Crippen LogP contribution is -2.47. The molecule has 0 aliphatic carbocycles. The van der Waals surface area contributed by atoms with Crippen LogP contribution in [0.5, 0.6) is 0 Å². The van der Waals surface area contributed by atoms with Crippen LogP contribution in [0.4, 0.5) is 11.4 Å². The summed E-state index contributed by atoms with van der Waals surface area (Å²) in [5.41, 5.74) is 3.90. The van der Waals surface area contributed by atoms with Gasteiger partial charge in [-0.2, -0.15) is 0 Å². The minimum Gasteiger partial charge on any atom is -0.361 e. The first kappa shape index (κ1) is 25.1. The molecule has 5 rings (SSSR count). The number of fused-ring (bicyclic) bond motifs is 1. The van der Waals surface area contributed by atoms with Gasteiger partial charge in [-0.15, -0.1) is 0 Å². The third-order valence-corrected chi connectivity index (χ3v) is 7.58. The average molecular weight is 529 g/mol. The number of Topliss-reactive ketones (excluding diaryl/α,β-unsaturated/α-hetero) is 1. The van der Waals surface area contributed by atoms with Crippen LogP contribution in [0.25, 0.3) is 0 Å². The zero-order valence-electron chi connectivity index (χ0n) is 20.4. The van der Waals surface area contributed by atoms with Gasteiger partial charge in [0.25, 0.3) is 5.91 Å². The third-order valence-electron chi connectivity index (χ3n) is 6.84. The highest BCUT2D eigenvalue weighted by molar-refractivity contribution is 6.42. The monoisotopic (exact) mass is 528 g/mol. The third kappa shape index (κ3) is 5.13. The molecule has 0 unspecified atom stereocenters. The summed E-state index contributed by atoms with van der Waals surface area (Å²) in [7, 11) is 0. The summed E-state index contributed by atoms with van der Waals surface area (Å²) in [6, 6.07) is 31.8. The molecule has 37 heavy (non-hydrogen) atoms. The Bertz CT molecular complexity index is 1430. The molecule has 1 aliphatic heterocycles. The van der Waals surface area contributed by atoms with Crippen LogP contribution in [0.3, 0.4) is 0 Å². The van der Waals surface area contributed by atoms with E-state index in [-0.39, 0.29) is 30.3 Å². The van der Waals surface area contributed by atoms with E-state index < -0.39 is 0 Å². The summed E-state index contributed by atoms with van der Waals surface area (Å²) in [5.74, 6) is -0.0990. The Labute approximate surface area is 227 Å². The van der Waals surface area contributed by atoms with Gasteiger partial charge in [-0.05, 0) is 55.3 Å². The van der Waals surface area contributed by atoms with Crippen LogP contribution in [0, 0.1) is 0 Å². The molecule has 0 spiro atoms. The Hall–Kier alpha value is -3.60. The van der Waals surface area contributed by atoms with Gasteiger partial charge < -0.3 is 9.80 Å². The SMILES string of the molecule is C[C@@H]1C[C@H](N(C(=O)c2ccc(Cl)c(Cl)c2)c2ccccc2)c2ccccc2N1CC(=O)c1ccccc1. The Balaban J connectivity index is 1.55. The molecule has 0 radical (unpaired) electrons. The van der Waals surface area contributed by atoms with Crippen molar-refractivity contribution in [3.63, 3.8) is 0 Å². The molecule has 1 heterocycles. The minimum absolute atomic E-state index is 0.0142. The summed E-state index contributed by atoms with van der Waals surface area (Å²) in [6.07, 6.45) is 0.654. The van der Waals surface area contributed by atoms with E-state index in [9.17, 15) is 9.59 Å². The van der Waals surface area contributed by atoms with Gasteiger partial charge in [-0.1, -0.05) is 89.9 Å². The number of carbonyl (C=O) groups is 2. The van der Waals surface area contributed by atoms with E-state index in [1.165, 1.54) is 0 Å². The molecule has 0 fully saturated rings. The number of amides is 1. The molecule has 0 saturated heterocycles. The van der Waals surface area contributed by atoms with Crippen molar-refractivity contribution in [3.8, 4) is 0 Å². The van der Waals surface area contributed by atoms with Crippen LogP contribution in [0.1, 0.15) is 45.7 Å². The van der Waals surface area contributed by atoms with Crippen LogP contribution in [0.15, 0.2) is 103 Å². The lowest BCUT2D eigenvalue weighted by atomic mass is 9.89. The van der Waals surface area contributed by atoms with Gasteiger partial charge in [0.15, 0.2) is 5.78 Å². The van der Waals surface area contributed by atoms with Crippen LogP contribution < -0.4 is 9.80 Å². The molecule has 1 aliphatic rings. The van der Waals surface area contributed by atoms with E-state index in [4.69, 9.17) is 23.2 Å². The van der Waals surface area contributed by atoms with Crippen molar-refractivity contribution in [3.05, 3.63) is 130 Å². The van der Waals surface area contributed by atoms with Gasteiger partial charge in [-0.3, -0.25) is 9.59 Å². The summed E-state index contributed by atoms with van der Waals surface area (Å²) in [5, 5.41) is 0.739. The molecular weight excluding hydrogens is 503 g/mol. The van der Waals surface area contributed by atoms with Crippen LogP contribution in [-0.2, 0) is 0 Å². The number of nitrogens with zero attached hydrogens (tertiary/aromatic N) is 2. The first-order valence-electron chi connectivity index (χ1n) is 12.2. The van der Waals surface area contributed by atoms with Crippen molar-refractivity contribution < 1.29 is 9.59 Å². The second-order valence-electron chi connectivity index (χ2n) is 9.22. The normalized spacial score (nSPS) is 16.7. The molecule has 2 atom stereocenters. The zero-order valence-corrected chi connectivity index (χ0v) is 21.9. The van der Waals surface area contributed by atoms with Crippen molar-refractivity contribution in [1.82, 2.24) is 0 Å². The maximum Gasteiger partial charge on any atom is 0.258 e. The predicted octanol–water partition coefficient (Wildman–Crippen LogP) is 7.86. The van der Waals surface area contributed by atoms with E-state index in [1.54, 1.807) is 18.2 Å². The minimum atomic E-state index is -0.237. The van der Waals surface area contributed by atoms with Crippen molar-refractivity contribution in [1.29, 1.82) is 0 Å². The van der Waals surface area contributed by atoms with E-state index in [2.05, 4.69) is 11.8 Å². The number of halogens is 2. The second-order valence-corrected chi connectivity index (χ2v) is 10.0. The Kier molecular flexibility index (Phi) is 7.31. The second kappa shape index (κ2) is 10.8. The summed E-state index contributed by atoms with van der Waals surface area (Å²) >= 11 is 12.4. The highest BCUT2D eigenvalue weighted by atomic mass is 35.5. The smallest absolute Gasteiger partial charge is 0.258 e. The summed E-state index contributed by atoms with van der Waals surface area (Å²) in [4.78, 5) is 31.1. The lowest BCUT2D eigenvalue weighted by molar-refractivity contribution is 0.0965. The first-order valence-corrected chi connectivity index (χ1v) is 13.0. The standard InChI is InChI=1S/C31H26Cl2N2O2/c1-21-18-29(25-14-8-9-15-28(25)34(21)20-30(36)22-10-4-2-5-11-22)35(24-12-6-3-7-13-24)31(37)23-16-17-26(32)27(33)19-23/h2-17,19,21,29H,18,20H2,1H3/t21-,29+/m1/s1. The highest BCUT2D eigenvalue weighted by Crippen LogP contribution is 2.43. The highest BCUT2D eigenvalue weighted by Gasteiger charge is 2.37. The number of hydrogen-bond acceptors (Lipinski definition) is 3. The van der Waals surface area contributed by atoms with Gasteiger partial charge in [0.05, 0.1) is 22.6 Å². The van der Waals surface area contributed by atoms with Gasteiger partial charge in [0.2, 0.25) is 0 Å². The van der Waals surface area contributed by atoms with E-state index in [0.717, 1.165) is 16.9 Å². The zero-order chi connectivity index (χ0) is 25.9. The molecule has 186 valence electrons. The van der Waals surface area contributed by atoms with Crippen molar-refractivity contribution in [2.24, 2.45) is 0 Å². The number of para-hydroxylation sites is 2. The molecule has 0 bridgehead atoms. The molecule has 0 N–H and O–H groups in total. The Morgan fingerprint density at radius 3 is 2.16 bits per heavy atom. The fraction of sp³-hybridized carbons (Fsp3) is 0.161. The van der Waals surface area contributed by atoms with Crippen LogP contribution >= 0.6 is 23.2 Å². The van der Waals surface area contributed by atoms with Crippen molar-refractivity contribution >= 4 is 46.3 Å². The van der Waals surface area contributed by atoms with E-state index >= 15 is 0 Å². The molecule has 1 amide bonds. The van der Waals surface area contributed by atoms with Crippen molar-refractivity contribution in [2.75, 3.05) is 16.3 Å². The Morgan fingerprint density at radius 2 is 1.46 bits per heavy atom. The number of rotatable bonds is 6. The summed E-state index contributed by atoms with van der Waals surface area (Å²) < 4.78 is 0. The molecule has 6 heteroatoms. The molecule has 0 saturated carbocycles. The van der Waals surface area contributed by atoms with E-state index in [0.29, 0.717) is 27.6 Å². The van der Waals surface area contributed by atoms with Gasteiger partial charge >= 0.3 is 0 Å². The average Bonchev–Trinajstić information content (AvgIpc) is 2.93. The molecule has 4 nitrogen and oxygen atoms in total. The lowest BCUT2D eigenvalue weighted by Gasteiger charge is -2.44. The fourth-order valence-corrected chi connectivity index (χ4v) is 5.29. The fourth-order valence-electron chi connectivity index (χ4n) is 5.00. The van der Waals surface area contributed by atoms with Crippen molar-refractivity contribution in [2.45, 2.75) is 25.4 Å². The maximum atomic E-state index is 14.0. The van der Waals surface area contributed by atoms with Crippen LogP contribution in [0.2, 0.25) is 10.0 Å². The molecule has 4 aromatic rings. The van der Waals surface area contributed by atoms with Gasteiger partial charge in [0, 0.05) is 28.5 Å². The van der Waals surface area contributed by atoms with Gasteiger partial charge in [-0.25, -0.2) is 0 Å². The Morgan fingerprint density at radius 1 is 0.811 bits per heavy atom. The number of carbonyl (C=O) groups excluding carboxylic acids is 2. The molecule has 4 aromatic carbocycles. The first-order chi connectivity index (χ1) is 17.9. The predicted molar refractivity (Wildman–Crippen MR) is 151 cm³/mol. The van der Waals surface area contributed by atoms with Crippen LogP contribution in [-0.4, -0.2) is 24.3 Å². The number of hydrogen-bond donors (Lipinski definition) is 0. The van der Waals surface area contributed by atoms with Gasteiger partial charge in [0.1, 0.15) is 0 Å². The molecule has 0 aromatic heterocycles. The number of anilines is 2. The van der Waals surface area contributed by atoms with E-state index in [1.807, 2.05) is 89.8 Å².